The van der Waals surface area contributed by atoms with Crippen LogP contribution in [0.3, 0.4) is 0 Å². The number of nitrogens with zero attached hydrogens (tertiary/aromatic N) is 3. The largest absolute Gasteiger partial charge is 0.486 e. The second kappa shape index (κ2) is 11.1. The first-order valence-electron chi connectivity index (χ1n) is 10.5. The molecule has 3 aromatic rings. The summed E-state index contributed by atoms with van der Waals surface area (Å²) in [5.41, 5.74) is 4.72. The van der Waals surface area contributed by atoms with Crippen molar-refractivity contribution in [3.8, 4) is 5.75 Å². The average molecular weight is 492 g/mol. The number of halogens is 1. The molecule has 2 aromatic heterocycles. The van der Waals surface area contributed by atoms with E-state index < -0.39 is 17.2 Å². The summed E-state index contributed by atoms with van der Waals surface area (Å²) < 4.78 is 25.0. The number of carbonyl (C=O) groups is 1. The van der Waals surface area contributed by atoms with Gasteiger partial charge in [0.05, 0.1) is 6.61 Å². The number of methoxy groups -OCH3 is 1. The third-order valence-electron chi connectivity index (χ3n) is 4.74. The van der Waals surface area contributed by atoms with E-state index >= 15 is 0 Å². The fraction of sp³-hybridized carbons (Fsp3) is 0.364. The first kappa shape index (κ1) is 25.1. The molecule has 10 nitrogen and oxygen atoms in total. The Bertz CT molecular complexity index is 1250. The zero-order chi connectivity index (χ0) is 24.8. The molecule has 182 valence electrons. The minimum Gasteiger partial charge on any atom is -0.486 e. The van der Waals surface area contributed by atoms with Crippen molar-refractivity contribution in [2.45, 2.75) is 27.0 Å². The van der Waals surface area contributed by atoms with E-state index in [2.05, 4.69) is 9.97 Å². The molecule has 0 bridgehead atoms. The summed E-state index contributed by atoms with van der Waals surface area (Å²) in [6.45, 7) is 4.27. The number of anilines is 2. The van der Waals surface area contributed by atoms with E-state index in [1.165, 1.54) is 47.3 Å². The van der Waals surface area contributed by atoms with E-state index in [0.717, 1.165) is 4.90 Å². The monoisotopic (exact) mass is 491 g/mol. The predicted octanol–water partition coefficient (Wildman–Crippen LogP) is 2.24. The number of thiazole rings is 1. The molecule has 0 radical (unpaired) electrons. The maximum absolute atomic E-state index is 13.3. The Hall–Kier alpha value is -3.51. The van der Waals surface area contributed by atoms with Crippen LogP contribution in [0, 0.1) is 11.7 Å². The number of aromatic amines is 1. The molecule has 0 aliphatic heterocycles. The van der Waals surface area contributed by atoms with Crippen LogP contribution in [0.25, 0.3) is 0 Å². The Labute approximate surface area is 198 Å². The van der Waals surface area contributed by atoms with Crippen molar-refractivity contribution in [1.82, 2.24) is 14.5 Å². The molecule has 12 heteroatoms. The van der Waals surface area contributed by atoms with Gasteiger partial charge < -0.3 is 15.2 Å². The van der Waals surface area contributed by atoms with E-state index in [1.54, 1.807) is 5.38 Å². The third-order valence-corrected chi connectivity index (χ3v) is 5.57. The number of rotatable bonds is 10. The van der Waals surface area contributed by atoms with Crippen LogP contribution in [0.5, 0.6) is 5.75 Å². The second-order valence-electron chi connectivity index (χ2n) is 7.82. The van der Waals surface area contributed by atoms with Crippen molar-refractivity contribution < 1.29 is 18.7 Å². The van der Waals surface area contributed by atoms with Gasteiger partial charge in [-0.25, -0.2) is 14.2 Å². The van der Waals surface area contributed by atoms with Crippen LogP contribution in [0.4, 0.5) is 15.9 Å². The Morgan fingerprint density at radius 1 is 1.29 bits per heavy atom. The molecule has 1 aromatic carbocycles. The summed E-state index contributed by atoms with van der Waals surface area (Å²) in [5, 5.41) is 2.05. The van der Waals surface area contributed by atoms with Crippen molar-refractivity contribution in [3.63, 3.8) is 0 Å². The van der Waals surface area contributed by atoms with Crippen molar-refractivity contribution >= 4 is 28.7 Å². The number of aromatic nitrogens is 3. The van der Waals surface area contributed by atoms with Gasteiger partial charge in [-0.15, -0.1) is 11.3 Å². The summed E-state index contributed by atoms with van der Waals surface area (Å²) in [4.78, 5) is 46.0. The molecule has 0 saturated carbocycles. The molecule has 34 heavy (non-hydrogen) atoms. The number of ether oxygens (including phenoxy) is 2. The fourth-order valence-corrected chi connectivity index (χ4v) is 3.85. The van der Waals surface area contributed by atoms with Crippen molar-refractivity contribution in [1.29, 1.82) is 0 Å². The van der Waals surface area contributed by atoms with E-state index in [0.29, 0.717) is 10.8 Å². The molecule has 0 aliphatic rings. The van der Waals surface area contributed by atoms with Gasteiger partial charge in [0.15, 0.2) is 5.69 Å². The molecule has 3 N–H and O–H groups in total. The maximum atomic E-state index is 13.3. The zero-order valence-electron chi connectivity index (χ0n) is 19.0. The van der Waals surface area contributed by atoms with Gasteiger partial charge in [0.25, 0.3) is 11.5 Å². The number of nitrogens with one attached hydrogen (secondary N) is 1. The Kier molecular flexibility index (Phi) is 8.18. The molecule has 0 fully saturated rings. The quantitative estimate of drug-likeness (QED) is 0.444. The van der Waals surface area contributed by atoms with Gasteiger partial charge in [-0.1, -0.05) is 13.8 Å². The smallest absolute Gasteiger partial charge is 0.330 e. The second-order valence-corrected chi connectivity index (χ2v) is 8.76. The fourth-order valence-electron chi connectivity index (χ4n) is 3.17. The molecule has 0 spiro atoms. The van der Waals surface area contributed by atoms with Crippen LogP contribution in [0.15, 0.2) is 39.2 Å². The molecule has 0 saturated heterocycles. The lowest BCUT2D eigenvalue weighted by Gasteiger charge is -2.24. The summed E-state index contributed by atoms with van der Waals surface area (Å²) in [7, 11) is 1.46. The minimum atomic E-state index is -0.776. The SMILES string of the molecule is COCCN(C(=O)c1csc(COc2ccc(F)cc2)n1)c1c(N)n(CC(C)C)c(=O)[nH]c1=O. The van der Waals surface area contributed by atoms with Gasteiger partial charge >= 0.3 is 5.69 Å². The van der Waals surface area contributed by atoms with Crippen LogP contribution >= 0.6 is 11.3 Å². The van der Waals surface area contributed by atoms with Crippen molar-refractivity contribution in [2.75, 3.05) is 30.9 Å². The summed E-state index contributed by atoms with van der Waals surface area (Å²) >= 11 is 1.20. The molecule has 0 aliphatic carbocycles. The van der Waals surface area contributed by atoms with Crippen LogP contribution in [0.1, 0.15) is 29.3 Å². The molecule has 0 unspecified atom stereocenters. The number of hydrogen-bond acceptors (Lipinski definition) is 8. The molecule has 1 amide bonds. The van der Waals surface area contributed by atoms with Crippen molar-refractivity contribution in [2.24, 2.45) is 5.92 Å². The van der Waals surface area contributed by atoms with Crippen LogP contribution in [-0.4, -0.2) is 40.7 Å². The number of carbonyl (C=O) groups excluding carboxylic acids is 1. The topological polar surface area (TPSA) is 133 Å². The van der Waals surface area contributed by atoms with Crippen molar-refractivity contribution in [3.05, 3.63) is 67.0 Å². The lowest BCUT2D eigenvalue weighted by molar-refractivity contribution is 0.0971. The van der Waals surface area contributed by atoms with Crippen LogP contribution in [0.2, 0.25) is 0 Å². The van der Waals surface area contributed by atoms with Gasteiger partial charge in [0.2, 0.25) is 0 Å². The molecular weight excluding hydrogens is 465 g/mol. The first-order valence-corrected chi connectivity index (χ1v) is 11.3. The normalized spacial score (nSPS) is 11.1. The van der Waals surface area contributed by atoms with E-state index in [1.807, 2.05) is 13.8 Å². The standard InChI is InChI=1S/C22H26FN5O5S/c1-13(2)10-28-19(24)18(20(29)26-22(28)31)27(8-9-32-3)21(30)16-12-34-17(25-16)11-33-15-6-4-14(23)5-7-15/h4-7,12-13H,8-11,24H2,1-3H3,(H,26,29,31). The lowest BCUT2D eigenvalue weighted by Crippen LogP contribution is -2.43. The highest BCUT2D eigenvalue weighted by atomic mass is 32.1. The summed E-state index contributed by atoms with van der Waals surface area (Å²) in [5.74, 6) is -0.531. The number of amides is 1. The highest BCUT2D eigenvalue weighted by molar-refractivity contribution is 7.09. The third kappa shape index (κ3) is 5.88. The number of nitrogen functional groups attached to an aromatic ring is 1. The molecule has 2 heterocycles. The Morgan fingerprint density at radius 2 is 2.00 bits per heavy atom. The molecule has 3 rings (SSSR count). The number of nitrogens with two attached hydrogens (primary N) is 1. The molecular formula is C22H26FN5O5S. The van der Waals surface area contributed by atoms with Gasteiger partial charge in [0.1, 0.15) is 34.7 Å². The Balaban J connectivity index is 1.89. The zero-order valence-corrected chi connectivity index (χ0v) is 19.9. The number of hydrogen-bond donors (Lipinski definition) is 2. The number of H-pyrrole nitrogens is 1. The highest BCUT2D eigenvalue weighted by Gasteiger charge is 2.27. The van der Waals surface area contributed by atoms with Gasteiger partial charge in [-0.05, 0) is 30.2 Å². The minimum absolute atomic E-state index is 0.0153. The van der Waals surface area contributed by atoms with Gasteiger partial charge in [0, 0.05) is 25.6 Å². The summed E-state index contributed by atoms with van der Waals surface area (Å²) in [6, 6.07) is 5.53. The van der Waals surface area contributed by atoms with Gasteiger partial charge in [-0.2, -0.15) is 0 Å². The highest BCUT2D eigenvalue weighted by Crippen LogP contribution is 2.22. The average Bonchev–Trinajstić information content (AvgIpc) is 3.27. The first-order chi connectivity index (χ1) is 16.2. The van der Waals surface area contributed by atoms with Crippen LogP contribution < -0.4 is 26.6 Å². The predicted molar refractivity (Wildman–Crippen MR) is 127 cm³/mol. The Morgan fingerprint density at radius 3 is 2.65 bits per heavy atom. The van der Waals surface area contributed by atoms with E-state index in [-0.39, 0.29) is 55.2 Å². The summed E-state index contributed by atoms with van der Waals surface area (Å²) in [6.07, 6.45) is 0. The van der Waals surface area contributed by atoms with Gasteiger partial charge in [-0.3, -0.25) is 24.0 Å². The lowest BCUT2D eigenvalue weighted by atomic mass is 10.2. The maximum Gasteiger partial charge on any atom is 0.330 e. The number of benzene rings is 1. The molecule has 0 atom stereocenters. The van der Waals surface area contributed by atoms with E-state index in [4.69, 9.17) is 15.2 Å². The van der Waals surface area contributed by atoms with Crippen LogP contribution in [-0.2, 0) is 17.9 Å². The van der Waals surface area contributed by atoms with E-state index in [9.17, 15) is 18.8 Å².